The molecule has 0 unspecified atom stereocenters. The Balaban J connectivity index is 0. The average Bonchev–Trinajstić information content (AvgIpc) is 2.02. The van der Waals surface area contributed by atoms with Crippen LogP contribution in [0.15, 0.2) is 30.3 Å². The van der Waals surface area contributed by atoms with Gasteiger partial charge in [-0.05, 0) is 12.1 Å². The number of carbonyl (C=O) groups excluding carboxylic acids is 1. The first-order valence-corrected chi connectivity index (χ1v) is 5.61. The first kappa shape index (κ1) is 14.0. The van der Waals surface area contributed by atoms with Crippen LogP contribution < -0.4 is 28.3 Å². The molecule has 1 aromatic rings. The minimum atomic E-state index is -3.57. The van der Waals surface area contributed by atoms with E-state index in [4.69, 9.17) is 0 Å². The molecule has 0 heterocycles. The molecule has 0 aliphatic heterocycles. The molecule has 0 saturated carbocycles. The normalized spacial score (nSPS) is 9.93. The van der Waals surface area contributed by atoms with Gasteiger partial charge < -0.3 is 6.16 Å². The molecular weight excluding hydrogens is 213 g/mol. The van der Waals surface area contributed by atoms with Crippen molar-refractivity contribution in [1.82, 2.24) is 4.72 Å². The summed E-state index contributed by atoms with van der Waals surface area (Å²) < 4.78 is 27.6. The van der Waals surface area contributed by atoms with Gasteiger partial charge in [-0.1, -0.05) is 18.2 Å². The Morgan fingerprint density at radius 3 is 2.33 bits per heavy atom. The SMILES string of the molecule is CS(=O)(=O)NC(=O)Oc1ccccc1.[H-].[Li+]. The molecule has 0 aromatic heterocycles. The maximum atomic E-state index is 10.9. The summed E-state index contributed by atoms with van der Waals surface area (Å²) in [6.07, 6.45) is -0.141. The number of sulfonamides is 1. The van der Waals surface area contributed by atoms with Crippen molar-refractivity contribution in [3.63, 3.8) is 0 Å². The number of amides is 1. The molecule has 1 amide bonds. The van der Waals surface area contributed by atoms with Crippen molar-refractivity contribution in [2.45, 2.75) is 0 Å². The fourth-order valence-electron chi connectivity index (χ4n) is 0.768. The monoisotopic (exact) mass is 223 g/mol. The quantitative estimate of drug-likeness (QED) is 0.580. The Hall–Kier alpha value is -0.963. The predicted molar refractivity (Wildman–Crippen MR) is 51.6 cm³/mol. The van der Waals surface area contributed by atoms with E-state index < -0.39 is 16.1 Å². The molecular formula is C8H10LiNO4S. The van der Waals surface area contributed by atoms with Gasteiger partial charge >= 0.3 is 25.0 Å². The number of hydrogen-bond donors (Lipinski definition) is 1. The molecule has 5 nitrogen and oxygen atoms in total. The average molecular weight is 223 g/mol. The topological polar surface area (TPSA) is 72.5 Å². The first-order chi connectivity index (χ1) is 6.47. The Labute approximate surface area is 102 Å². The molecule has 0 spiro atoms. The van der Waals surface area contributed by atoms with Crippen LogP contribution in [-0.4, -0.2) is 20.8 Å². The Bertz CT molecular complexity index is 423. The zero-order valence-electron chi connectivity index (χ0n) is 9.43. The molecule has 0 fully saturated rings. The van der Waals surface area contributed by atoms with Crippen molar-refractivity contribution in [3.8, 4) is 5.75 Å². The number of ether oxygens (including phenoxy) is 1. The van der Waals surface area contributed by atoms with Crippen LogP contribution >= 0.6 is 0 Å². The summed E-state index contributed by atoms with van der Waals surface area (Å²) in [7, 11) is -3.57. The van der Waals surface area contributed by atoms with E-state index in [0.29, 0.717) is 0 Å². The van der Waals surface area contributed by atoms with E-state index in [1.165, 1.54) is 0 Å². The van der Waals surface area contributed by atoms with Crippen molar-refractivity contribution >= 4 is 16.1 Å². The van der Waals surface area contributed by atoms with Crippen molar-refractivity contribution in [2.75, 3.05) is 6.26 Å². The summed E-state index contributed by atoms with van der Waals surface area (Å²) >= 11 is 0. The summed E-state index contributed by atoms with van der Waals surface area (Å²) in [4.78, 5) is 10.9. The fourth-order valence-corrected chi connectivity index (χ4v) is 1.11. The van der Waals surface area contributed by atoms with E-state index in [1.54, 1.807) is 35.1 Å². The third kappa shape index (κ3) is 6.18. The molecule has 0 radical (unpaired) electrons. The van der Waals surface area contributed by atoms with Crippen LogP contribution in [0.4, 0.5) is 4.79 Å². The van der Waals surface area contributed by atoms with Crippen LogP contribution in [0.3, 0.4) is 0 Å². The first-order valence-electron chi connectivity index (χ1n) is 3.72. The fraction of sp³-hybridized carbons (Fsp3) is 0.125. The van der Waals surface area contributed by atoms with Gasteiger partial charge in [0.25, 0.3) is 0 Å². The van der Waals surface area contributed by atoms with Gasteiger partial charge in [-0.25, -0.2) is 17.9 Å². The maximum Gasteiger partial charge on any atom is 1.00 e. The summed E-state index contributed by atoms with van der Waals surface area (Å²) in [6, 6.07) is 8.18. The van der Waals surface area contributed by atoms with Crippen LogP contribution in [-0.2, 0) is 10.0 Å². The van der Waals surface area contributed by atoms with Crippen LogP contribution in [0, 0.1) is 0 Å². The standard InChI is InChI=1S/C8H9NO4S.Li.H/c1-14(11,12)9-8(10)13-7-5-3-2-4-6-7;;/h2-6H,1H3,(H,9,10);;/q;+1;-1. The van der Waals surface area contributed by atoms with Gasteiger partial charge in [-0.2, -0.15) is 0 Å². The second kappa shape index (κ2) is 5.81. The van der Waals surface area contributed by atoms with E-state index in [1.807, 2.05) is 0 Å². The van der Waals surface area contributed by atoms with Crippen LogP contribution in [0.5, 0.6) is 5.75 Å². The van der Waals surface area contributed by atoms with Crippen LogP contribution in [0.25, 0.3) is 0 Å². The Kier molecular flexibility index (Phi) is 5.43. The molecule has 0 bridgehead atoms. The molecule has 78 valence electrons. The smallest absolute Gasteiger partial charge is 1.00 e. The largest absolute Gasteiger partial charge is 1.00 e. The zero-order valence-corrected chi connectivity index (χ0v) is 9.24. The minimum Gasteiger partial charge on any atom is -1.00 e. The molecule has 7 heteroatoms. The summed E-state index contributed by atoms with van der Waals surface area (Å²) in [5.41, 5.74) is 0. The molecule has 0 aliphatic carbocycles. The minimum absolute atomic E-state index is 0. The van der Waals surface area contributed by atoms with Crippen molar-refractivity contribution in [1.29, 1.82) is 0 Å². The molecule has 1 N–H and O–H groups in total. The van der Waals surface area contributed by atoms with Gasteiger partial charge in [-0.15, -0.1) is 0 Å². The van der Waals surface area contributed by atoms with E-state index in [9.17, 15) is 13.2 Å². The number of nitrogens with one attached hydrogen (secondary N) is 1. The summed E-state index contributed by atoms with van der Waals surface area (Å²) in [6.45, 7) is 0. The van der Waals surface area contributed by atoms with Gasteiger partial charge in [0.15, 0.2) is 0 Å². The number of rotatable bonds is 2. The van der Waals surface area contributed by atoms with Gasteiger partial charge in [0.05, 0.1) is 6.26 Å². The van der Waals surface area contributed by atoms with Gasteiger partial charge in [-0.3, -0.25) is 0 Å². The third-order valence-corrected chi connectivity index (χ3v) is 1.76. The molecule has 1 rings (SSSR count). The Morgan fingerprint density at radius 1 is 1.33 bits per heavy atom. The van der Waals surface area contributed by atoms with Gasteiger partial charge in [0.1, 0.15) is 5.75 Å². The second-order valence-corrected chi connectivity index (χ2v) is 4.33. The predicted octanol–water partition coefficient (Wildman–Crippen LogP) is -2.15. The number of hydrogen-bond acceptors (Lipinski definition) is 4. The van der Waals surface area contributed by atoms with Gasteiger partial charge in [0.2, 0.25) is 10.0 Å². The van der Waals surface area contributed by atoms with E-state index in [-0.39, 0.29) is 26.0 Å². The Morgan fingerprint density at radius 2 is 1.87 bits per heavy atom. The van der Waals surface area contributed by atoms with Crippen molar-refractivity contribution in [2.24, 2.45) is 0 Å². The molecule has 0 aliphatic rings. The number of benzene rings is 1. The second-order valence-electron chi connectivity index (χ2n) is 2.58. The third-order valence-electron chi connectivity index (χ3n) is 1.22. The molecule has 0 atom stereocenters. The van der Waals surface area contributed by atoms with Crippen molar-refractivity contribution in [3.05, 3.63) is 30.3 Å². The van der Waals surface area contributed by atoms with Crippen LogP contribution in [0.1, 0.15) is 1.43 Å². The number of para-hydroxylation sites is 1. The summed E-state index contributed by atoms with van der Waals surface area (Å²) in [5.74, 6) is 0.286. The number of carbonyl (C=O) groups is 1. The molecule has 1 aromatic carbocycles. The van der Waals surface area contributed by atoms with E-state index in [2.05, 4.69) is 4.74 Å². The van der Waals surface area contributed by atoms with E-state index in [0.717, 1.165) is 6.26 Å². The maximum absolute atomic E-state index is 10.9. The van der Waals surface area contributed by atoms with Crippen LogP contribution in [0.2, 0.25) is 0 Å². The zero-order chi connectivity index (χ0) is 10.6. The summed E-state index contributed by atoms with van der Waals surface area (Å²) in [5, 5.41) is 0. The van der Waals surface area contributed by atoms with Crippen molar-refractivity contribution < 1.29 is 38.2 Å². The molecule has 0 saturated heterocycles. The van der Waals surface area contributed by atoms with E-state index >= 15 is 0 Å². The van der Waals surface area contributed by atoms with Gasteiger partial charge in [0, 0.05) is 0 Å². The molecule has 15 heavy (non-hydrogen) atoms.